The number of benzene rings is 2. The van der Waals surface area contributed by atoms with E-state index in [2.05, 4.69) is 46.3 Å². The molecule has 16 nitrogen and oxygen atoms in total. The minimum Gasteiger partial charge on any atom is -0.490 e. The third kappa shape index (κ3) is 5.00. The number of hydrazine groups is 1. The summed E-state index contributed by atoms with van der Waals surface area (Å²) in [5, 5.41) is 33.8. The predicted octanol–water partition coefficient (Wildman–Crippen LogP) is 3.03. The van der Waals surface area contributed by atoms with E-state index in [0.717, 1.165) is 29.6 Å². The first-order valence-electron chi connectivity index (χ1n) is 9.74. The van der Waals surface area contributed by atoms with Gasteiger partial charge in [0.2, 0.25) is 17.0 Å². The Labute approximate surface area is 195 Å². The van der Waals surface area contributed by atoms with Gasteiger partial charge < -0.3 is 4.74 Å². The van der Waals surface area contributed by atoms with Crippen molar-refractivity contribution in [3.63, 3.8) is 0 Å². The van der Waals surface area contributed by atoms with E-state index in [9.17, 15) is 20.2 Å². The monoisotopic (exact) mass is 480 g/mol. The Morgan fingerprint density at radius 3 is 2.31 bits per heavy atom. The topological polar surface area (TPSA) is 209 Å². The number of fused-ring (bicyclic) bond motifs is 1. The van der Waals surface area contributed by atoms with E-state index in [1.165, 1.54) is 7.11 Å². The third-order valence-corrected chi connectivity index (χ3v) is 4.56. The van der Waals surface area contributed by atoms with Gasteiger partial charge in [0, 0.05) is 6.07 Å². The Morgan fingerprint density at radius 2 is 1.69 bits per heavy atom. The summed E-state index contributed by atoms with van der Waals surface area (Å²) in [6, 6.07) is 9.41. The molecule has 0 spiro atoms. The first-order chi connectivity index (χ1) is 16.9. The Hall–Kier alpha value is -5.41. The maximum atomic E-state index is 11.3. The lowest BCUT2D eigenvalue weighted by atomic mass is 10.1. The van der Waals surface area contributed by atoms with E-state index in [4.69, 9.17) is 4.74 Å². The molecule has 0 radical (unpaired) electrons. The lowest BCUT2D eigenvalue weighted by molar-refractivity contribution is -0.394. The van der Waals surface area contributed by atoms with Crippen molar-refractivity contribution in [2.75, 3.05) is 23.4 Å². The summed E-state index contributed by atoms with van der Waals surface area (Å²) < 4.78 is 9.72. The van der Waals surface area contributed by atoms with Crippen molar-refractivity contribution in [3.05, 3.63) is 67.8 Å². The molecule has 2 aromatic carbocycles. The number of non-ortho nitro benzene ring substituents is 1. The highest BCUT2D eigenvalue weighted by Gasteiger charge is 2.24. The van der Waals surface area contributed by atoms with E-state index in [1.807, 2.05) is 31.2 Å². The maximum absolute atomic E-state index is 11.3. The molecule has 0 saturated heterocycles. The Bertz CT molecular complexity index is 1440. The molecule has 0 aliphatic rings. The number of rotatable bonds is 9. The van der Waals surface area contributed by atoms with Gasteiger partial charge in [0.05, 0.1) is 40.5 Å². The Kier molecular flexibility index (Phi) is 6.25. The Morgan fingerprint density at radius 1 is 1.00 bits per heavy atom. The van der Waals surface area contributed by atoms with E-state index in [-0.39, 0.29) is 34.2 Å². The van der Waals surface area contributed by atoms with Gasteiger partial charge in [0.25, 0.3) is 5.69 Å². The van der Waals surface area contributed by atoms with Crippen molar-refractivity contribution < 1.29 is 19.2 Å². The van der Waals surface area contributed by atoms with Crippen LogP contribution in [0.4, 0.5) is 28.7 Å². The molecule has 0 bridgehead atoms. The zero-order valence-electron chi connectivity index (χ0n) is 18.1. The van der Waals surface area contributed by atoms with E-state index in [1.54, 1.807) is 0 Å². The molecule has 4 aromatic rings. The number of hydrazone groups is 1. The molecular weight excluding hydrogens is 464 g/mol. The molecule has 4 rings (SSSR count). The summed E-state index contributed by atoms with van der Waals surface area (Å²) in [5.41, 5.74) is 9.41. The summed E-state index contributed by atoms with van der Waals surface area (Å²) in [7, 11) is 1.20. The van der Waals surface area contributed by atoms with Crippen LogP contribution in [-0.2, 0) is 0 Å². The van der Waals surface area contributed by atoms with Crippen LogP contribution < -0.4 is 21.0 Å². The summed E-state index contributed by atoms with van der Waals surface area (Å²) in [6.07, 6.45) is 1.11. The van der Waals surface area contributed by atoms with E-state index < -0.39 is 21.2 Å². The van der Waals surface area contributed by atoms with Crippen molar-refractivity contribution in [2.24, 2.45) is 5.10 Å². The predicted molar refractivity (Wildman–Crippen MR) is 123 cm³/mol. The summed E-state index contributed by atoms with van der Waals surface area (Å²) in [5.74, 6) is 0.0543. The fourth-order valence-electron chi connectivity index (χ4n) is 2.91. The molecule has 0 unspecified atom stereocenters. The zero-order chi connectivity index (χ0) is 24.9. The summed E-state index contributed by atoms with van der Waals surface area (Å²) in [6.45, 7) is 1.96. The number of ether oxygens (including phenoxy) is 1. The molecule has 0 aliphatic carbocycles. The van der Waals surface area contributed by atoms with Crippen molar-refractivity contribution in [1.82, 2.24) is 20.3 Å². The second kappa shape index (κ2) is 9.61. The van der Waals surface area contributed by atoms with Crippen LogP contribution in [0.15, 0.2) is 46.1 Å². The number of aryl methyl sites for hydroxylation is 1. The highest BCUT2D eigenvalue weighted by molar-refractivity contribution is 5.88. The average Bonchev–Trinajstić information content (AvgIpc) is 3.30. The molecule has 2 aromatic heterocycles. The van der Waals surface area contributed by atoms with Gasteiger partial charge in [0.1, 0.15) is 0 Å². The number of nitrogens with zero attached hydrogens (tertiary/aromatic N) is 7. The lowest BCUT2D eigenvalue weighted by Gasteiger charge is -2.11. The molecule has 2 heterocycles. The summed E-state index contributed by atoms with van der Waals surface area (Å²) >= 11 is 0. The lowest BCUT2D eigenvalue weighted by Crippen LogP contribution is -2.13. The number of anilines is 3. The van der Waals surface area contributed by atoms with Crippen LogP contribution in [-0.4, -0.2) is 43.5 Å². The fraction of sp³-hybridized carbons (Fsp3) is 0.105. The van der Waals surface area contributed by atoms with Gasteiger partial charge in [-0.05, 0) is 29.4 Å². The van der Waals surface area contributed by atoms with Gasteiger partial charge in [-0.2, -0.15) is 15.1 Å². The normalized spacial score (nSPS) is 10.9. The minimum absolute atomic E-state index is 0.00895. The number of hydrogen-bond acceptors (Lipinski definition) is 14. The standard InChI is InChI=1S/C19H16N10O6/c1-10-3-5-12(6-4-10)23-25-17-16(21-18-19(22-17)27-35-26-18)24-20-9-11-7-13(28(30)31)8-14(29(32)33)15(11)34-2/h3-9,23H,1-2H3,(H,21,24,26)(H,22,25,27)/b20-9+. The van der Waals surface area contributed by atoms with Crippen LogP contribution in [0.2, 0.25) is 0 Å². The maximum Gasteiger partial charge on any atom is 0.318 e. The van der Waals surface area contributed by atoms with E-state index >= 15 is 0 Å². The first kappa shape index (κ1) is 22.8. The molecular formula is C19H16N10O6. The number of nitro groups is 2. The van der Waals surface area contributed by atoms with Crippen LogP contribution in [0.5, 0.6) is 5.75 Å². The molecule has 16 heteroatoms. The fourth-order valence-corrected chi connectivity index (χ4v) is 2.91. The van der Waals surface area contributed by atoms with E-state index in [0.29, 0.717) is 0 Å². The number of aromatic nitrogens is 4. The highest BCUT2D eigenvalue weighted by atomic mass is 16.6. The van der Waals surface area contributed by atoms with Gasteiger partial charge in [-0.25, -0.2) is 4.63 Å². The average molecular weight is 480 g/mol. The number of hydrogen-bond donors (Lipinski definition) is 3. The van der Waals surface area contributed by atoms with Crippen LogP contribution in [0, 0.1) is 27.2 Å². The third-order valence-electron chi connectivity index (χ3n) is 4.56. The van der Waals surface area contributed by atoms with Crippen LogP contribution in [0.25, 0.3) is 11.3 Å². The number of nitrogens with one attached hydrogen (secondary N) is 3. The minimum atomic E-state index is -0.785. The number of methoxy groups -OCH3 is 1. The highest BCUT2D eigenvalue weighted by Crippen LogP contribution is 2.34. The van der Waals surface area contributed by atoms with Gasteiger partial charge in [-0.3, -0.25) is 36.5 Å². The second-order valence-electron chi connectivity index (χ2n) is 6.92. The van der Waals surface area contributed by atoms with Crippen molar-refractivity contribution in [2.45, 2.75) is 6.92 Å². The largest absolute Gasteiger partial charge is 0.490 e. The quantitative estimate of drug-likeness (QED) is 0.179. The number of nitro benzene ring substituents is 2. The molecule has 35 heavy (non-hydrogen) atoms. The van der Waals surface area contributed by atoms with Crippen LogP contribution in [0.1, 0.15) is 11.1 Å². The molecule has 3 N–H and O–H groups in total. The van der Waals surface area contributed by atoms with Gasteiger partial charge in [-0.1, -0.05) is 17.7 Å². The molecule has 0 atom stereocenters. The van der Waals surface area contributed by atoms with Crippen LogP contribution in [0.3, 0.4) is 0 Å². The molecule has 0 fully saturated rings. The zero-order valence-corrected chi connectivity index (χ0v) is 18.1. The van der Waals surface area contributed by atoms with Gasteiger partial charge >= 0.3 is 5.69 Å². The van der Waals surface area contributed by atoms with Gasteiger partial charge in [-0.15, -0.1) is 0 Å². The van der Waals surface area contributed by atoms with Crippen molar-refractivity contribution in [3.8, 4) is 5.75 Å². The van der Waals surface area contributed by atoms with Crippen molar-refractivity contribution >= 4 is 46.2 Å². The second-order valence-corrected chi connectivity index (χ2v) is 6.92. The van der Waals surface area contributed by atoms with Crippen LogP contribution >= 0.6 is 0 Å². The molecule has 0 saturated carbocycles. The first-order valence-corrected chi connectivity index (χ1v) is 9.74. The molecule has 178 valence electrons. The smallest absolute Gasteiger partial charge is 0.318 e. The summed E-state index contributed by atoms with van der Waals surface area (Å²) in [4.78, 5) is 29.5. The SMILES string of the molecule is COc1c(/C=N/Nc2nc3nonc3nc2NNc2ccc(C)cc2)cc([N+](=O)[O-])cc1[N+](=O)[O-]. The van der Waals surface area contributed by atoms with Gasteiger partial charge in [0.15, 0.2) is 11.6 Å². The van der Waals surface area contributed by atoms with Crippen molar-refractivity contribution in [1.29, 1.82) is 0 Å². The molecule has 0 amide bonds. The molecule has 0 aliphatic heterocycles. The Balaban J connectivity index is 1.63.